The van der Waals surface area contributed by atoms with Gasteiger partial charge < -0.3 is 0 Å². The van der Waals surface area contributed by atoms with Crippen molar-refractivity contribution in [2.75, 3.05) is 0 Å². The van der Waals surface area contributed by atoms with Crippen LogP contribution in [0.1, 0.15) is 48.2 Å². The van der Waals surface area contributed by atoms with Gasteiger partial charge in [0.2, 0.25) is 0 Å². The molecule has 0 aromatic carbocycles. The SMILES string of the molecule is C/C=C(/c1ccc2ncc(C(F)F)n2n1)c1cnc(CCC(F)(F)F)nc1C. The van der Waals surface area contributed by atoms with Gasteiger partial charge in [0, 0.05) is 29.4 Å². The summed E-state index contributed by atoms with van der Waals surface area (Å²) >= 11 is 0. The summed E-state index contributed by atoms with van der Waals surface area (Å²) in [4.78, 5) is 12.1. The minimum Gasteiger partial charge on any atom is -0.241 e. The van der Waals surface area contributed by atoms with E-state index in [1.807, 2.05) is 0 Å². The molecule has 0 aliphatic rings. The first-order valence-electron chi connectivity index (χ1n) is 8.38. The average Bonchev–Trinajstić information content (AvgIpc) is 3.05. The lowest BCUT2D eigenvalue weighted by Gasteiger charge is -2.12. The Morgan fingerprint density at radius 2 is 1.93 bits per heavy atom. The molecule has 0 bridgehead atoms. The molecule has 3 heterocycles. The van der Waals surface area contributed by atoms with Gasteiger partial charge in [-0.15, -0.1) is 0 Å². The van der Waals surface area contributed by atoms with Crippen molar-refractivity contribution in [2.45, 2.75) is 39.3 Å². The second-order valence-electron chi connectivity index (χ2n) is 6.08. The van der Waals surface area contributed by atoms with Crippen LogP contribution in [0.5, 0.6) is 0 Å². The molecule has 0 unspecified atom stereocenters. The van der Waals surface area contributed by atoms with Gasteiger partial charge in [0.1, 0.15) is 11.5 Å². The first-order valence-corrected chi connectivity index (χ1v) is 8.38. The van der Waals surface area contributed by atoms with Crippen LogP contribution in [-0.4, -0.2) is 30.7 Å². The van der Waals surface area contributed by atoms with Gasteiger partial charge in [-0.2, -0.15) is 18.3 Å². The van der Waals surface area contributed by atoms with Crippen molar-refractivity contribution in [3.63, 3.8) is 0 Å². The summed E-state index contributed by atoms with van der Waals surface area (Å²) in [5, 5.41) is 4.24. The summed E-state index contributed by atoms with van der Waals surface area (Å²) < 4.78 is 64.4. The summed E-state index contributed by atoms with van der Waals surface area (Å²) in [6, 6.07) is 3.19. The number of hydrogen-bond acceptors (Lipinski definition) is 4. The smallest absolute Gasteiger partial charge is 0.241 e. The number of hydrogen-bond donors (Lipinski definition) is 0. The maximum absolute atomic E-state index is 13.1. The molecule has 3 aromatic rings. The first-order chi connectivity index (χ1) is 13.2. The average molecular weight is 397 g/mol. The van der Waals surface area contributed by atoms with Crippen molar-refractivity contribution in [1.82, 2.24) is 24.6 Å². The van der Waals surface area contributed by atoms with E-state index in [4.69, 9.17) is 0 Å². The van der Waals surface area contributed by atoms with Gasteiger partial charge in [-0.1, -0.05) is 6.08 Å². The molecule has 0 amide bonds. The van der Waals surface area contributed by atoms with Crippen LogP contribution in [0.2, 0.25) is 0 Å². The zero-order chi connectivity index (χ0) is 20.5. The number of halogens is 5. The van der Waals surface area contributed by atoms with E-state index < -0.39 is 19.0 Å². The lowest BCUT2D eigenvalue weighted by Crippen LogP contribution is -2.11. The minimum absolute atomic E-state index is 0.0898. The summed E-state index contributed by atoms with van der Waals surface area (Å²) in [5.74, 6) is 0.0898. The molecule has 0 radical (unpaired) electrons. The second kappa shape index (κ2) is 7.61. The maximum atomic E-state index is 13.1. The summed E-state index contributed by atoms with van der Waals surface area (Å²) in [5.41, 5.74) is 1.96. The number of allylic oxidation sites excluding steroid dienone is 1. The van der Waals surface area contributed by atoms with Crippen molar-refractivity contribution in [1.29, 1.82) is 0 Å². The fourth-order valence-electron chi connectivity index (χ4n) is 2.78. The molecular formula is C18H16F5N5. The fourth-order valence-corrected chi connectivity index (χ4v) is 2.78. The highest BCUT2D eigenvalue weighted by atomic mass is 19.4. The molecule has 28 heavy (non-hydrogen) atoms. The summed E-state index contributed by atoms with van der Waals surface area (Å²) in [7, 11) is 0. The third kappa shape index (κ3) is 4.15. The van der Waals surface area contributed by atoms with Crippen molar-refractivity contribution < 1.29 is 22.0 Å². The van der Waals surface area contributed by atoms with Crippen LogP contribution in [0.4, 0.5) is 22.0 Å². The predicted octanol–water partition coefficient (Wildman–Crippen LogP) is 4.71. The van der Waals surface area contributed by atoms with E-state index >= 15 is 0 Å². The highest BCUT2D eigenvalue weighted by Crippen LogP contribution is 2.26. The first kappa shape index (κ1) is 19.8. The quantitative estimate of drug-likeness (QED) is 0.585. The number of rotatable bonds is 5. The van der Waals surface area contributed by atoms with Crippen molar-refractivity contribution in [3.05, 3.63) is 59.1 Å². The van der Waals surface area contributed by atoms with E-state index in [1.54, 1.807) is 32.1 Å². The highest BCUT2D eigenvalue weighted by molar-refractivity contribution is 5.78. The summed E-state index contributed by atoms with van der Waals surface area (Å²) in [6.07, 6.45) is -4.12. The zero-order valence-electron chi connectivity index (χ0n) is 15.0. The van der Waals surface area contributed by atoms with Crippen molar-refractivity contribution in [3.8, 4) is 0 Å². The molecular weight excluding hydrogens is 381 g/mol. The lowest BCUT2D eigenvalue weighted by molar-refractivity contribution is -0.134. The number of nitrogens with zero attached hydrogens (tertiary/aromatic N) is 5. The third-order valence-electron chi connectivity index (χ3n) is 4.13. The molecule has 0 aliphatic heterocycles. The molecule has 10 heteroatoms. The molecule has 0 N–H and O–H groups in total. The van der Waals surface area contributed by atoms with Gasteiger partial charge in [0.05, 0.1) is 18.3 Å². The standard InChI is InChI=1S/C18H16F5N5/c1-3-11(12-8-24-15(26-10(12)2)6-7-18(21,22)23)13-4-5-16-25-9-14(17(19)20)28(16)27-13/h3-5,8-9,17H,6-7H2,1-2H3/b11-3+. The lowest BCUT2D eigenvalue weighted by atomic mass is 10.0. The Labute approximate surface area is 157 Å². The second-order valence-corrected chi connectivity index (χ2v) is 6.08. The van der Waals surface area contributed by atoms with Gasteiger partial charge in [-0.25, -0.2) is 28.2 Å². The highest BCUT2D eigenvalue weighted by Gasteiger charge is 2.27. The Hall–Kier alpha value is -2.91. The van der Waals surface area contributed by atoms with E-state index in [1.165, 1.54) is 6.20 Å². The van der Waals surface area contributed by atoms with Gasteiger partial charge in [-0.05, 0) is 26.0 Å². The Bertz CT molecular complexity index is 1020. The zero-order valence-corrected chi connectivity index (χ0v) is 15.0. The maximum Gasteiger partial charge on any atom is 0.389 e. The van der Waals surface area contributed by atoms with Crippen LogP contribution in [-0.2, 0) is 6.42 Å². The number of imidazole rings is 1. The van der Waals surface area contributed by atoms with E-state index in [0.29, 0.717) is 22.5 Å². The fraction of sp³-hybridized carbons (Fsp3) is 0.333. The monoisotopic (exact) mass is 397 g/mol. The molecule has 0 aliphatic carbocycles. The molecule has 0 spiro atoms. The topological polar surface area (TPSA) is 56.0 Å². The Morgan fingerprint density at radius 3 is 2.54 bits per heavy atom. The molecule has 5 nitrogen and oxygen atoms in total. The van der Waals surface area contributed by atoms with E-state index in [2.05, 4.69) is 20.1 Å². The molecule has 148 valence electrons. The number of fused-ring (bicyclic) bond motifs is 1. The van der Waals surface area contributed by atoms with E-state index in [9.17, 15) is 22.0 Å². The molecule has 0 saturated heterocycles. The molecule has 0 atom stereocenters. The van der Waals surface area contributed by atoms with Crippen LogP contribution < -0.4 is 0 Å². The number of aryl methyl sites for hydroxylation is 2. The Morgan fingerprint density at radius 1 is 1.18 bits per heavy atom. The van der Waals surface area contributed by atoms with Crippen LogP contribution >= 0.6 is 0 Å². The third-order valence-corrected chi connectivity index (χ3v) is 4.13. The molecule has 0 saturated carbocycles. The number of aromatic nitrogens is 5. The van der Waals surface area contributed by atoms with Crippen LogP contribution in [0, 0.1) is 6.92 Å². The van der Waals surface area contributed by atoms with Gasteiger partial charge in [-0.3, -0.25) is 0 Å². The molecule has 3 rings (SSSR count). The van der Waals surface area contributed by atoms with E-state index in [0.717, 1.165) is 10.7 Å². The molecule has 3 aromatic heterocycles. The number of alkyl halides is 5. The van der Waals surface area contributed by atoms with Gasteiger partial charge >= 0.3 is 6.18 Å². The molecule has 0 fully saturated rings. The summed E-state index contributed by atoms with van der Waals surface area (Å²) in [6.45, 7) is 3.39. The predicted molar refractivity (Wildman–Crippen MR) is 91.8 cm³/mol. The van der Waals surface area contributed by atoms with Gasteiger partial charge in [0.15, 0.2) is 5.65 Å². The minimum atomic E-state index is -4.28. The van der Waals surface area contributed by atoms with Crippen LogP contribution in [0.15, 0.2) is 30.6 Å². The Balaban J connectivity index is 1.95. The van der Waals surface area contributed by atoms with Crippen molar-refractivity contribution in [2.24, 2.45) is 0 Å². The normalized spacial score (nSPS) is 12.9. The van der Waals surface area contributed by atoms with Crippen LogP contribution in [0.25, 0.3) is 11.2 Å². The van der Waals surface area contributed by atoms with Crippen molar-refractivity contribution >= 4 is 11.2 Å². The van der Waals surface area contributed by atoms with Gasteiger partial charge in [0.25, 0.3) is 6.43 Å². The van der Waals surface area contributed by atoms with E-state index in [-0.39, 0.29) is 23.6 Å². The Kier molecular flexibility index (Phi) is 5.39. The van der Waals surface area contributed by atoms with Crippen LogP contribution in [0.3, 0.4) is 0 Å². The largest absolute Gasteiger partial charge is 0.389 e.